The molecule has 0 aromatic carbocycles. The molecule has 6 heteroatoms. The van der Waals surface area contributed by atoms with Gasteiger partial charge in [-0.25, -0.2) is 5.43 Å². The van der Waals surface area contributed by atoms with E-state index in [1.165, 1.54) is 0 Å². The molecule has 2 heterocycles. The van der Waals surface area contributed by atoms with E-state index in [1.54, 1.807) is 0 Å². The summed E-state index contributed by atoms with van der Waals surface area (Å²) in [5, 5.41) is 4.42. The standard InChI is InChI=1S/C12H17BrN4O/c1-3-8-6-9(17(2)16-8)7-10(15-14)11-4-5-12(13)18-11/h4-6,10,15H,3,7,14H2,1-2H3. The zero-order valence-electron chi connectivity index (χ0n) is 10.5. The molecule has 98 valence electrons. The highest BCUT2D eigenvalue weighted by molar-refractivity contribution is 9.10. The van der Waals surface area contributed by atoms with Crippen LogP contribution in [0.5, 0.6) is 0 Å². The Morgan fingerprint density at radius 1 is 1.56 bits per heavy atom. The van der Waals surface area contributed by atoms with E-state index in [1.807, 2.05) is 23.9 Å². The van der Waals surface area contributed by atoms with Crippen LogP contribution in [0.3, 0.4) is 0 Å². The molecule has 0 aliphatic carbocycles. The van der Waals surface area contributed by atoms with Gasteiger partial charge in [0.25, 0.3) is 0 Å². The Labute approximate surface area is 114 Å². The monoisotopic (exact) mass is 312 g/mol. The summed E-state index contributed by atoms with van der Waals surface area (Å²) in [6.45, 7) is 2.09. The second kappa shape index (κ2) is 5.69. The van der Waals surface area contributed by atoms with Crippen molar-refractivity contribution in [3.8, 4) is 0 Å². The summed E-state index contributed by atoms with van der Waals surface area (Å²) in [6.07, 6.45) is 1.67. The molecule has 1 atom stereocenters. The van der Waals surface area contributed by atoms with E-state index < -0.39 is 0 Å². The van der Waals surface area contributed by atoms with E-state index in [-0.39, 0.29) is 6.04 Å². The van der Waals surface area contributed by atoms with Crippen molar-refractivity contribution in [3.63, 3.8) is 0 Å². The predicted octanol–water partition coefficient (Wildman–Crippen LogP) is 2.09. The van der Waals surface area contributed by atoms with Crippen LogP contribution < -0.4 is 11.3 Å². The molecule has 0 radical (unpaired) electrons. The lowest BCUT2D eigenvalue weighted by Gasteiger charge is -2.13. The Morgan fingerprint density at radius 3 is 2.83 bits per heavy atom. The molecule has 2 rings (SSSR count). The van der Waals surface area contributed by atoms with Crippen LogP contribution in [0.4, 0.5) is 0 Å². The fourth-order valence-corrected chi connectivity index (χ4v) is 2.22. The number of hydrogen-bond donors (Lipinski definition) is 2. The van der Waals surface area contributed by atoms with Crippen molar-refractivity contribution in [2.45, 2.75) is 25.8 Å². The van der Waals surface area contributed by atoms with Crippen molar-refractivity contribution in [3.05, 3.63) is 40.0 Å². The van der Waals surface area contributed by atoms with Crippen LogP contribution in [-0.4, -0.2) is 9.78 Å². The van der Waals surface area contributed by atoms with Gasteiger partial charge >= 0.3 is 0 Å². The van der Waals surface area contributed by atoms with E-state index in [2.05, 4.69) is 39.4 Å². The fourth-order valence-electron chi connectivity index (χ4n) is 1.90. The quantitative estimate of drug-likeness (QED) is 0.655. The van der Waals surface area contributed by atoms with Gasteiger partial charge in [0.05, 0.1) is 11.7 Å². The van der Waals surface area contributed by atoms with Gasteiger partial charge in [0.15, 0.2) is 4.67 Å². The Kier molecular flexibility index (Phi) is 4.21. The van der Waals surface area contributed by atoms with Gasteiger partial charge in [0, 0.05) is 19.2 Å². The summed E-state index contributed by atoms with van der Waals surface area (Å²) < 4.78 is 8.12. The first kappa shape index (κ1) is 13.3. The van der Waals surface area contributed by atoms with Gasteiger partial charge in [-0.2, -0.15) is 5.10 Å². The molecule has 0 fully saturated rings. The number of nitrogens with zero attached hydrogens (tertiary/aromatic N) is 2. The number of nitrogens with one attached hydrogen (secondary N) is 1. The van der Waals surface area contributed by atoms with Gasteiger partial charge in [-0.3, -0.25) is 10.5 Å². The van der Waals surface area contributed by atoms with Crippen LogP contribution in [-0.2, 0) is 19.9 Å². The Balaban J connectivity index is 2.17. The molecule has 0 amide bonds. The summed E-state index contributed by atoms with van der Waals surface area (Å²) in [7, 11) is 1.94. The summed E-state index contributed by atoms with van der Waals surface area (Å²) in [6, 6.07) is 5.81. The van der Waals surface area contributed by atoms with Crippen molar-refractivity contribution in [1.29, 1.82) is 0 Å². The molecule has 0 aliphatic rings. The van der Waals surface area contributed by atoms with Crippen molar-refractivity contribution in [1.82, 2.24) is 15.2 Å². The first-order chi connectivity index (χ1) is 8.63. The molecule has 18 heavy (non-hydrogen) atoms. The van der Waals surface area contributed by atoms with Crippen molar-refractivity contribution < 1.29 is 4.42 Å². The number of furan rings is 1. The second-order valence-electron chi connectivity index (χ2n) is 4.17. The van der Waals surface area contributed by atoms with Gasteiger partial charge in [-0.05, 0) is 40.5 Å². The fraction of sp³-hybridized carbons (Fsp3) is 0.417. The number of aromatic nitrogens is 2. The molecular weight excluding hydrogens is 296 g/mol. The summed E-state index contributed by atoms with van der Waals surface area (Å²) in [5.74, 6) is 6.41. The van der Waals surface area contributed by atoms with Crippen molar-refractivity contribution in [2.75, 3.05) is 0 Å². The lowest BCUT2D eigenvalue weighted by molar-refractivity contribution is 0.399. The van der Waals surface area contributed by atoms with E-state index in [4.69, 9.17) is 10.3 Å². The Hall–Kier alpha value is -1.11. The lowest BCUT2D eigenvalue weighted by Crippen LogP contribution is -2.29. The van der Waals surface area contributed by atoms with Gasteiger partial charge in [-0.1, -0.05) is 6.92 Å². The highest BCUT2D eigenvalue weighted by Gasteiger charge is 2.17. The maximum absolute atomic E-state index is 5.60. The van der Waals surface area contributed by atoms with Crippen LogP contribution in [0.2, 0.25) is 0 Å². The SMILES string of the molecule is CCc1cc(CC(NN)c2ccc(Br)o2)n(C)n1. The lowest BCUT2D eigenvalue weighted by atomic mass is 10.1. The first-order valence-electron chi connectivity index (χ1n) is 5.87. The highest BCUT2D eigenvalue weighted by atomic mass is 79.9. The number of rotatable bonds is 5. The molecule has 0 spiro atoms. The minimum atomic E-state index is -0.0589. The highest BCUT2D eigenvalue weighted by Crippen LogP contribution is 2.23. The van der Waals surface area contributed by atoms with E-state index in [9.17, 15) is 0 Å². The molecule has 2 aromatic heterocycles. The topological polar surface area (TPSA) is 69.0 Å². The van der Waals surface area contributed by atoms with Gasteiger partial charge in [-0.15, -0.1) is 0 Å². The normalized spacial score (nSPS) is 12.9. The molecule has 1 unspecified atom stereocenters. The third kappa shape index (κ3) is 2.82. The number of nitrogens with two attached hydrogens (primary N) is 1. The minimum absolute atomic E-state index is 0.0589. The van der Waals surface area contributed by atoms with Gasteiger partial charge in [0.1, 0.15) is 5.76 Å². The van der Waals surface area contributed by atoms with Crippen LogP contribution >= 0.6 is 15.9 Å². The average molecular weight is 313 g/mol. The van der Waals surface area contributed by atoms with E-state index >= 15 is 0 Å². The smallest absolute Gasteiger partial charge is 0.169 e. The van der Waals surface area contributed by atoms with Crippen molar-refractivity contribution >= 4 is 15.9 Å². The molecule has 5 nitrogen and oxygen atoms in total. The maximum atomic E-state index is 5.60. The number of hydrogen-bond acceptors (Lipinski definition) is 4. The predicted molar refractivity (Wildman–Crippen MR) is 72.8 cm³/mol. The summed E-state index contributed by atoms with van der Waals surface area (Å²) >= 11 is 3.29. The molecule has 0 saturated heterocycles. The second-order valence-corrected chi connectivity index (χ2v) is 4.95. The van der Waals surface area contributed by atoms with E-state index in [0.717, 1.165) is 30.0 Å². The zero-order chi connectivity index (χ0) is 13.1. The third-order valence-electron chi connectivity index (χ3n) is 2.94. The molecular formula is C12H17BrN4O. The summed E-state index contributed by atoms with van der Waals surface area (Å²) in [5.41, 5.74) is 4.99. The van der Waals surface area contributed by atoms with Crippen LogP contribution in [0.1, 0.15) is 30.1 Å². The van der Waals surface area contributed by atoms with Crippen LogP contribution in [0.25, 0.3) is 0 Å². The summed E-state index contributed by atoms with van der Waals surface area (Å²) in [4.78, 5) is 0. The average Bonchev–Trinajstić information content (AvgIpc) is 2.93. The Morgan fingerprint density at radius 2 is 2.33 bits per heavy atom. The van der Waals surface area contributed by atoms with Crippen molar-refractivity contribution in [2.24, 2.45) is 12.9 Å². The van der Waals surface area contributed by atoms with Crippen LogP contribution in [0, 0.1) is 0 Å². The minimum Gasteiger partial charge on any atom is -0.453 e. The molecule has 3 N–H and O–H groups in total. The molecule has 0 aliphatic heterocycles. The van der Waals surface area contributed by atoms with Gasteiger partial charge < -0.3 is 4.42 Å². The van der Waals surface area contributed by atoms with Crippen LogP contribution in [0.15, 0.2) is 27.3 Å². The first-order valence-corrected chi connectivity index (χ1v) is 6.66. The largest absolute Gasteiger partial charge is 0.453 e. The number of aryl methyl sites for hydroxylation is 2. The third-order valence-corrected chi connectivity index (χ3v) is 3.37. The number of hydrazine groups is 1. The van der Waals surface area contributed by atoms with Gasteiger partial charge in [0.2, 0.25) is 0 Å². The van der Waals surface area contributed by atoms with E-state index in [0.29, 0.717) is 4.67 Å². The number of halogens is 1. The molecule has 2 aromatic rings. The Bertz CT molecular complexity index is 520. The zero-order valence-corrected chi connectivity index (χ0v) is 12.1. The molecule has 0 bridgehead atoms. The molecule has 0 saturated carbocycles. The maximum Gasteiger partial charge on any atom is 0.169 e.